The number of nitrogens with zero attached hydrogens (tertiary/aromatic N) is 1. The van der Waals surface area contributed by atoms with Crippen LogP contribution in [0.5, 0.6) is 5.75 Å². The van der Waals surface area contributed by atoms with Crippen molar-refractivity contribution in [1.82, 2.24) is 0 Å². The summed E-state index contributed by atoms with van der Waals surface area (Å²) < 4.78 is 5.36. The Bertz CT molecular complexity index is 496. The van der Waals surface area contributed by atoms with Gasteiger partial charge in [-0.15, -0.1) is 0 Å². The molecule has 0 aliphatic heterocycles. The molecule has 5 nitrogen and oxygen atoms in total. The number of oxime groups is 1. The fourth-order valence-corrected chi connectivity index (χ4v) is 1.52. The Morgan fingerprint density at radius 1 is 1.38 bits per heavy atom. The summed E-state index contributed by atoms with van der Waals surface area (Å²) in [4.78, 5) is 4.93. The molecule has 0 radical (unpaired) electrons. The zero-order valence-corrected chi connectivity index (χ0v) is 12.0. The lowest BCUT2D eigenvalue weighted by molar-refractivity contribution is 0.272. The van der Waals surface area contributed by atoms with Gasteiger partial charge in [0.05, 0.1) is 12.5 Å². The van der Waals surface area contributed by atoms with Gasteiger partial charge < -0.3 is 14.7 Å². The molecule has 21 heavy (non-hydrogen) atoms. The quantitative estimate of drug-likeness (QED) is 0.252. The zero-order chi connectivity index (χ0) is 15.3. The van der Waals surface area contributed by atoms with E-state index in [0.29, 0.717) is 12.2 Å². The standard InChI is InChI=1S/C16H20N2O3/c1-2-7-14(8-6-11-19)12-18-21-16(17)13-20-15-9-4-3-5-10-15/h2-7,9-12,14,17,19H,8,13H2,1H3/b7-2-,11-6+,17-16?,18-12+. The Labute approximate surface area is 124 Å². The predicted molar refractivity (Wildman–Crippen MR) is 83.9 cm³/mol. The fourth-order valence-electron chi connectivity index (χ4n) is 1.52. The van der Waals surface area contributed by atoms with Crippen molar-refractivity contribution in [3.8, 4) is 5.75 Å². The molecule has 0 saturated carbocycles. The number of benzene rings is 1. The molecule has 1 atom stereocenters. The second-order valence-electron chi connectivity index (χ2n) is 4.18. The van der Waals surface area contributed by atoms with Crippen LogP contribution in [0, 0.1) is 11.3 Å². The molecule has 0 aliphatic rings. The van der Waals surface area contributed by atoms with E-state index in [1.165, 1.54) is 0 Å². The lowest BCUT2D eigenvalue weighted by Crippen LogP contribution is -2.12. The van der Waals surface area contributed by atoms with Gasteiger partial charge in [-0.25, -0.2) is 0 Å². The molecule has 0 bridgehead atoms. The highest BCUT2D eigenvalue weighted by Gasteiger charge is 2.01. The SMILES string of the molecule is C/C=C\C(/C=N/OC(=N)COc1ccccc1)C/C=C/O. The van der Waals surface area contributed by atoms with Crippen LogP contribution in [0.4, 0.5) is 0 Å². The van der Waals surface area contributed by atoms with Gasteiger partial charge in [-0.05, 0) is 31.6 Å². The van der Waals surface area contributed by atoms with Crippen LogP contribution >= 0.6 is 0 Å². The largest absolute Gasteiger partial charge is 0.516 e. The third-order valence-corrected chi connectivity index (χ3v) is 2.48. The van der Waals surface area contributed by atoms with Crippen LogP contribution in [-0.4, -0.2) is 23.8 Å². The van der Waals surface area contributed by atoms with E-state index in [1.807, 2.05) is 37.3 Å². The number of rotatable bonds is 8. The van der Waals surface area contributed by atoms with Crippen molar-refractivity contribution in [2.45, 2.75) is 13.3 Å². The van der Waals surface area contributed by atoms with Crippen LogP contribution in [0.25, 0.3) is 0 Å². The molecule has 0 saturated heterocycles. The van der Waals surface area contributed by atoms with Crippen LogP contribution in [0.15, 0.2) is 60.0 Å². The van der Waals surface area contributed by atoms with Crippen molar-refractivity contribution in [3.05, 3.63) is 54.8 Å². The molecular weight excluding hydrogens is 268 g/mol. The molecule has 1 aromatic rings. The smallest absolute Gasteiger partial charge is 0.255 e. The number of hydrogen-bond acceptors (Lipinski definition) is 5. The molecule has 2 N–H and O–H groups in total. The predicted octanol–water partition coefficient (Wildman–Crippen LogP) is 3.70. The number of aliphatic hydroxyl groups is 1. The number of ether oxygens (including phenoxy) is 1. The average Bonchev–Trinajstić information content (AvgIpc) is 2.51. The van der Waals surface area contributed by atoms with E-state index >= 15 is 0 Å². The van der Waals surface area contributed by atoms with Crippen LogP contribution in [-0.2, 0) is 4.84 Å². The molecule has 1 rings (SSSR count). The van der Waals surface area contributed by atoms with E-state index in [0.717, 1.165) is 6.26 Å². The molecule has 0 aliphatic carbocycles. The fraction of sp³-hybridized carbons (Fsp3) is 0.250. The van der Waals surface area contributed by atoms with Gasteiger partial charge in [0.15, 0.2) is 6.61 Å². The van der Waals surface area contributed by atoms with Crippen molar-refractivity contribution in [2.75, 3.05) is 6.61 Å². The highest BCUT2D eigenvalue weighted by Crippen LogP contribution is 2.08. The maximum atomic E-state index is 8.64. The zero-order valence-electron chi connectivity index (χ0n) is 12.0. The second kappa shape index (κ2) is 10.3. The van der Waals surface area contributed by atoms with Crippen molar-refractivity contribution in [1.29, 1.82) is 5.41 Å². The van der Waals surface area contributed by atoms with Crippen molar-refractivity contribution in [2.24, 2.45) is 11.1 Å². The van der Waals surface area contributed by atoms with Crippen LogP contribution < -0.4 is 4.74 Å². The molecular formula is C16H20N2O3. The minimum Gasteiger partial charge on any atom is -0.516 e. The van der Waals surface area contributed by atoms with Crippen molar-refractivity contribution < 1.29 is 14.7 Å². The lowest BCUT2D eigenvalue weighted by atomic mass is 10.1. The Kier molecular flexibility index (Phi) is 8.05. The van der Waals surface area contributed by atoms with E-state index in [2.05, 4.69) is 5.16 Å². The van der Waals surface area contributed by atoms with Crippen LogP contribution in [0.1, 0.15) is 13.3 Å². The third kappa shape index (κ3) is 7.57. The van der Waals surface area contributed by atoms with Gasteiger partial charge in [-0.2, -0.15) is 0 Å². The minimum absolute atomic E-state index is 0.0150. The Morgan fingerprint density at radius 2 is 2.14 bits per heavy atom. The summed E-state index contributed by atoms with van der Waals surface area (Å²) in [5.74, 6) is 0.614. The summed E-state index contributed by atoms with van der Waals surface area (Å²) in [7, 11) is 0. The summed E-state index contributed by atoms with van der Waals surface area (Å²) >= 11 is 0. The molecule has 5 heteroatoms. The number of nitrogens with one attached hydrogen (secondary N) is 1. The minimum atomic E-state index is -0.0768. The molecule has 1 aromatic carbocycles. The molecule has 112 valence electrons. The molecule has 0 aromatic heterocycles. The van der Waals surface area contributed by atoms with Crippen molar-refractivity contribution >= 4 is 12.1 Å². The monoisotopic (exact) mass is 288 g/mol. The number of aliphatic hydroxyl groups excluding tert-OH is 1. The number of hydrogen-bond donors (Lipinski definition) is 2. The highest BCUT2D eigenvalue weighted by atomic mass is 16.6. The van der Waals surface area contributed by atoms with Gasteiger partial charge in [0, 0.05) is 5.92 Å². The number of allylic oxidation sites excluding steroid dienone is 3. The topological polar surface area (TPSA) is 74.9 Å². The van der Waals surface area contributed by atoms with Gasteiger partial charge in [-0.1, -0.05) is 35.5 Å². The van der Waals surface area contributed by atoms with E-state index in [-0.39, 0.29) is 18.4 Å². The Hall–Kier alpha value is -2.56. The summed E-state index contributed by atoms with van der Waals surface area (Å²) in [5.41, 5.74) is 0. The van der Waals surface area contributed by atoms with Crippen LogP contribution in [0.2, 0.25) is 0 Å². The summed E-state index contributed by atoms with van der Waals surface area (Å²) in [5, 5.41) is 20.0. The number of para-hydroxylation sites is 1. The van der Waals surface area contributed by atoms with Gasteiger partial charge >= 0.3 is 0 Å². The Balaban J connectivity index is 2.35. The maximum Gasteiger partial charge on any atom is 0.255 e. The van der Waals surface area contributed by atoms with Gasteiger partial charge in [-0.3, -0.25) is 5.41 Å². The normalized spacial score (nSPS) is 13.0. The van der Waals surface area contributed by atoms with Gasteiger partial charge in [0.1, 0.15) is 5.75 Å². The van der Waals surface area contributed by atoms with E-state index in [4.69, 9.17) is 20.1 Å². The summed E-state index contributed by atoms with van der Waals surface area (Å²) in [6.45, 7) is 1.92. The van der Waals surface area contributed by atoms with Gasteiger partial charge in [0.2, 0.25) is 0 Å². The molecule has 0 spiro atoms. The molecule has 0 amide bonds. The lowest BCUT2D eigenvalue weighted by Gasteiger charge is -2.06. The van der Waals surface area contributed by atoms with E-state index < -0.39 is 0 Å². The molecule has 0 fully saturated rings. The first-order chi connectivity index (χ1) is 10.3. The maximum absolute atomic E-state index is 8.64. The van der Waals surface area contributed by atoms with E-state index in [1.54, 1.807) is 24.4 Å². The summed E-state index contributed by atoms with van der Waals surface area (Å²) in [6, 6.07) is 9.21. The Morgan fingerprint density at radius 3 is 2.81 bits per heavy atom. The first kappa shape index (κ1) is 16.5. The molecule has 1 unspecified atom stereocenters. The van der Waals surface area contributed by atoms with E-state index in [9.17, 15) is 0 Å². The molecule has 0 heterocycles. The highest BCUT2D eigenvalue weighted by molar-refractivity contribution is 5.75. The average molecular weight is 288 g/mol. The second-order valence-corrected chi connectivity index (χ2v) is 4.18. The van der Waals surface area contributed by atoms with Crippen molar-refractivity contribution in [3.63, 3.8) is 0 Å². The first-order valence-corrected chi connectivity index (χ1v) is 6.64. The van der Waals surface area contributed by atoms with Gasteiger partial charge in [0.25, 0.3) is 5.90 Å². The summed E-state index contributed by atoms with van der Waals surface area (Å²) in [6.07, 6.45) is 8.64. The third-order valence-electron chi connectivity index (χ3n) is 2.48. The first-order valence-electron chi connectivity index (χ1n) is 6.64. The van der Waals surface area contributed by atoms with Crippen LogP contribution in [0.3, 0.4) is 0 Å².